The molecule has 0 bridgehead atoms. The summed E-state index contributed by atoms with van der Waals surface area (Å²) < 4.78 is 0. The highest BCUT2D eigenvalue weighted by Gasteiger charge is 2.63. The van der Waals surface area contributed by atoms with Gasteiger partial charge in [0.2, 0.25) is 0 Å². The molecular weight excluding hydrogens is 176 g/mol. The van der Waals surface area contributed by atoms with E-state index in [-0.39, 0.29) is 12.2 Å². The van der Waals surface area contributed by atoms with E-state index < -0.39 is 0 Å². The zero-order valence-corrected chi connectivity index (χ0v) is 7.82. The molecule has 74 valence electrons. The molecule has 2 N–H and O–H groups in total. The first-order chi connectivity index (χ1) is 6.79. The van der Waals surface area contributed by atoms with Gasteiger partial charge >= 0.3 is 0 Å². The Morgan fingerprint density at radius 3 is 1.14 bits per heavy atom. The first-order valence-corrected chi connectivity index (χ1v) is 5.52. The van der Waals surface area contributed by atoms with Crippen molar-refractivity contribution in [2.45, 2.75) is 12.2 Å². The molecule has 0 aromatic rings. The van der Waals surface area contributed by atoms with E-state index in [0.29, 0.717) is 35.5 Å². The van der Waals surface area contributed by atoms with E-state index in [1.165, 1.54) is 0 Å². The maximum atomic E-state index is 10.1. The summed E-state index contributed by atoms with van der Waals surface area (Å²) in [5.41, 5.74) is 0. The van der Waals surface area contributed by atoms with Gasteiger partial charge in [-0.05, 0) is 11.8 Å². The molecule has 2 saturated carbocycles. The Kier molecular flexibility index (Phi) is 1.17. The van der Waals surface area contributed by atoms with Crippen LogP contribution < -0.4 is 0 Å². The summed E-state index contributed by atoms with van der Waals surface area (Å²) >= 11 is 0. The fraction of sp³-hybridized carbons (Fsp3) is 0.667. The van der Waals surface area contributed by atoms with Crippen molar-refractivity contribution in [3.05, 3.63) is 24.3 Å². The number of hydrogen-bond donors (Lipinski definition) is 2. The maximum absolute atomic E-state index is 10.1. The van der Waals surface area contributed by atoms with Gasteiger partial charge in [0.05, 0.1) is 12.2 Å². The number of aliphatic hydroxyl groups is 2. The minimum atomic E-state index is -0.194. The molecular formula is C12H14O2. The van der Waals surface area contributed by atoms with E-state index in [9.17, 15) is 10.2 Å². The first kappa shape index (κ1) is 7.66. The topological polar surface area (TPSA) is 40.5 Å². The van der Waals surface area contributed by atoms with Gasteiger partial charge in [-0.1, -0.05) is 24.3 Å². The van der Waals surface area contributed by atoms with Crippen LogP contribution in [0.5, 0.6) is 0 Å². The minimum Gasteiger partial charge on any atom is -0.392 e. The average Bonchev–Trinajstić information content (AvgIpc) is 2.83. The molecule has 0 spiro atoms. The van der Waals surface area contributed by atoms with Gasteiger partial charge in [-0.15, -0.1) is 0 Å². The van der Waals surface area contributed by atoms with Crippen molar-refractivity contribution in [2.24, 2.45) is 35.5 Å². The molecule has 0 heterocycles. The van der Waals surface area contributed by atoms with Crippen LogP contribution in [-0.2, 0) is 0 Å². The van der Waals surface area contributed by atoms with Gasteiger partial charge in [-0.3, -0.25) is 0 Å². The lowest BCUT2D eigenvalue weighted by molar-refractivity contribution is 0.0776. The van der Waals surface area contributed by atoms with Gasteiger partial charge in [0.25, 0.3) is 0 Å². The fourth-order valence-corrected chi connectivity index (χ4v) is 4.45. The van der Waals surface area contributed by atoms with E-state index in [0.717, 1.165) is 0 Å². The van der Waals surface area contributed by atoms with Crippen LogP contribution in [0.1, 0.15) is 0 Å². The molecule has 14 heavy (non-hydrogen) atoms. The van der Waals surface area contributed by atoms with Crippen LogP contribution in [0.2, 0.25) is 0 Å². The Morgan fingerprint density at radius 2 is 0.857 bits per heavy atom. The second-order valence-electron chi connectivity index (χ2n) is 5.22. The predicted octanol–water partition coefficient (Wildman–Crippen LogP) is 0.572. The van der Waals surface area contributed by atoms with Crippen LogP contribution in [0, 0.1) is 35.5 Å². The Morgan fingerprint density at radius 1 is 0.571 bits per heavy atom. The van der Waals surface area contributed by atoms with Crippen molar-refractivity contribution in [3.63, 3.8) is 0 Å². The summed E-state index contributed by atoms with van der Waals surface area (Å²) in [5, 5.41) is 20.2. The summed E-state index contributed by atoms with van der Waals surface area (Å²) in [6.07, 6.45) is 8.13. The molecule has 2 heteroatoms. The molecule has 0 saturated heterocycles. The predicted molar refractivity (Wildman–Crippen MR) is 51.2 cm³/mol. The highest BCUT2D eigenvalue weighted by molar-refractivity contribution is 5.30. The van der Waals surface area contributed by atoms with E-state index in [4.69, 9.17) is 0 Å². The molecule has 2 nitrogen and oxygen atoms in total. The minimum absolute atomic E-state index is 0.194. The quantitative estimate of drug-likeness (QED) is 0.548. The third kappa shape index (κ3) is 0.598. The number of aliphatic hydroxyl groups excluding tert-OH is 2. The van der Waals surface area contributed by atoms with E-state index >= 15 is 0 Å². The molecule has 0 aliphatic heterocycles. The van der Waals surface area contributed by atoms with Crippen LogP contribution in [0.15, 0.2) is 24.3 Å². The van der Waals surface area contributed by atoms with Crippen LogP contribution in [0.25, 0.3) is 0 Å². The van der Waals surface area contributed by atoms with Crippen molar-refractivity contribution >= 4 is 0 Å². The second kappa shape index (κ2) is 2.15. The highest BCUT2D eigenvalue weighted by atomic mass is 16.3. The Balaban J connectivity index is 1.88. The third-order valence-electron chi connectivity index (χ3n) is 4.91. The summed E-state index contributed by atoms with van der Waals surface area (Å²) in [6, 6.07) is 0. The molecule has 2 fully saturated rings. The van der Waals surface area contributed by atoms with Gasteiger partial charge in [0.1, 0.15) is 0 Å². The fourth-order valence-electron chi connectivity index (χ4n) is 4.45. The average molecular weight is 190 g/mol. The molecule has 0 radical (unpaired) electrons. The molecule has 8 atom stereocenters. The zero-order chi connectivity index (χ0) is 9.45. The number of rotatable bonds is 0. The molecule has 0 aromatic heterocycles. The lowest BCUT2D eigenvalue weighted by Gasteiger charge is -2.17. The second-order valence-corrected chi connectivity index (χ2v) is 5.22. The SMILES string of the molecule is OC1[C@H]2C=C[C@H]3C(O)[C@H]4C=C[C@@H]1C4C23. The summed E-state index contributed by atoms with van der Waals surface area (Å²) in [4.78, 5) is 0. The summed E-state index contributed by atoms with van der Waals surface area (Å²) in [5.74, 6) is 2.31. The van der Waals surface area contributed by atoms with Crippen molar-refractivity contribution in [1.29, 1.82) is 0 Å². The van der Waals surface area contributed by atoms with Gasteiger partial charge < -0.3 is 10.2 Å². The molecule has 4 unspecified atom stereocenters. The Hall–Kier alpha value is -0.600. The van der Waals surface area contributed by atoms with Crippen LogP contribution in [0.3, 0.4) is 0 Å². The lowest BCUT2D eigenvalue weighted by atomic mass is 9.88. The maximum Gasteiger partial charge on any atom is 0.0671 e. The third-order valence-corrected chi connectivity index (χ3v) is 4.91. The normalized spacial score (nSPS) is 66.7. The van der Waals surface area contributed by atoms with E-state index in [1.807, 2.05) is 0 Å². The standard InChI is InChI=1S/C12H14O2/c13-11-5-1-2-6-9(5)10-7(11)3-4-8(10)12(6)14/h1-14H/t5-,6+,7+,8-,9?,10?,11?,12?. The van der Waals surface area contributed by atoms with Gasteiger partial charge in [-0.25, -0.2) is 0 Å². The summed E-state index contributed by atoms with van der Waals surface area (Å²) in [7, 11) is 0. The molecule has 4 rings (SSSR count). The highest BCUT2D eigenvalue weighted by Crippen LogP contribution is 2.62. The molecule has 0 amide bonds. The van der Waals surface area contributed by atoms with Crippen LogP contribution in [0.4, 0.5) is 0 Å². The van der Waals surface area contributed by atoms with Crippen LogP contribution >= 0.6 is 0 Å². The lowest BCUT2D eigenvalue weighted by Crippen LogP contribution is -2.24. The van der Waals surface area contributed by atoms with Crippen molar-refractivity contribution in [3.8, 4) is 0 Å². The monoisotopic (exact) mass is 190 g/mol. The van der Waals surface area contributed by atoms with Crippen molar-refractivity contribution in [2.75, 3.05) is 0 Å². The van der Waals surface area contributed by atoms with Crippen LogP contribution in [-0.4, -0.2) is 22.4 Å². The van der Waals surface area contributed by atoms with Gasteiger partial charge in [-0.2, -0.15) is 0 Å². The van der Waals surface area contributed by atoms with Crippen molar-refractivity contribution < 1.29 is 10.2 Å². The number of hydrogen-bond acceptors (Lipinski definition) is 2. The van der Waals surface area contributed by atoms with Crippen molar-refractivity contribution in [1.82, 2.24) is 0 Å². The molecule has 0 aromatic carbocycles. The first-order valence-electron chi connectivity index (χ1n) is 5.52. The van der Waals surface area contributed by atoms with E-state index in [1.54, 1.807) is 0 Å². The largest absolute Gasteiger partial charge is 0.392 e. The molecule has 4 aliphatic rings. The van der Waals surface area contributed by atoms with E-state index in [2.05, 4.69) is 24.3 Å². The van der Waals surface area contributed by atoms with Gasteiger partial charge in [0.15, 0.2) is 0 Å². The zero-order valence-electron chi connectivity index (χ0n) is 7.82. The summed E-state index contributed by atoms with van der Waals surface area (Å²) in [6.45, 7) is 0. The Bertz CT molecular complexity index is 284. The molecule has 4 aliphatic carbocycles. The smallest absolute Gasteiger partial charge is 0.0671 e. The van der Waals surface area contributed by atoms with Gasteiger partial charge in [0, 0.05) is 23.7 Å². The Labute approximate surface area is 82.9 Å².